The number of hydrogen-bond donors (Lipinski definition) is 1. The van der Waals surface area contributed by atoms with Crippen LogP contribution in [0.1, 0.15) is 16.7 Å². The van der Waals surface area contributed by atoms with Crippen molar-refractivity contribution >= 4 is 27.3 Å². The number of anilines is 2. The van der Waals surface area contributed by atoms with Crippen molar-refractivity contribution in [1.82, 2.24) is 0 Å². The lowest BCUT2D eigenvalue weighted by molar-refractivity contribution is -0.114. The Morgan fingerprint density at radius 1 is 0.935 bits per heavy atom. The Balaban J connectivity index is 2.03. The van der Waals surface area contributed by atoms with Gasteiger partial charge in [-0.05, 0) is 67.8 Å². The number of nitrogens with zero attached hydrogens (tertiary/aromatic N) is 1. The molecule has 162 valence electrons. The van der Waals surface area contributed by atoms with Crippen LogP contribution in [0.5, 0.6) is 5.75 Å². The number of ether oxygens (including phenoxy) is 1. The Morgan fingerprint density at radius 2 is 1.58 bits per heavy atom. The van der Waals surface area contributed by atoms with Crippen LogP contribution in [0.25, 0.3) is 0 Å². The van der Waals surface area contributed by atoms with Crippen LogP contribution in [-0.2, 0) is 14.8 Å². The molecule has 0 aliphatic carbocycles. The van der Waals surface area contributed by atoms with Crippen LogP contribution < -0.4 is 14.4 Å². The van der Waals surface area contributed by atoms with Gasteiger partial charge >= 0.3 is 0 Å². The van der Waals surface area contributed by atoms with Gasteiger partial charge in [0.2, 0.25) is 5.91 Å². The molecular formula is C24H26N2O4S. The second-order valence-corrected chi connectivity index (χ2v) is 9.23. The average molecular weight is 439 g/mol. The molecule has 0 bridgehead atoms. The maximum absolute atomic E-state index is 13.5. The predicted molar refractivity (Wildman–Crippen MR) is 123 cm³/mol. The van der Waals surface area contributed by atoms with Crippen molar-refractivity contribution in [2.24, 2.45) is 0 Å². The summed E-state index contributed by atoms with van der Waals surface area (Å²) in [7, 11) is -2.55. The molecule has 3 aromatic rings. The monoisotopic (exact) mass is 438 g/mol. The molecule has 0 atom stereocenters. The van der Waals surface area contributed by atoms with Crippen LogP contribution in [0, 0.1) is 20.8 Å². The topological polar surface area (TPSA) is 75.7 Å². The summed E-state index contributed by atoms with van der Waals surface area (Å²) < 4.78 is 33.5. The Kier molecular flexibility index (Phi) is 6.65. The van der Waals surface area contributed by atoms with Crippen molar-refractivity contribution in [2.75, 3.05) is 23.3 Å². The molecular weight excluding hydrogens is 412 g/mol. The zero-order chi connectivity index (χ0) is 22.6. The predicted octanol–water partition coefficient (Wildman–Crippen LogP) is 4.45. The molecule has 0 saturated carbocycles. The summed E-state index contributed by atoms with van der Waals surface area (Å²) in [6, 6.07) is 19.0. The fourth-order valence-corrected chi connectivity index (χ4v) is 4.65. The van der Waals surface area contributed by atoms with Gasteiger partial charge in [0.1, 0.15) is 12.3 Å². The maximum atomic E-state index is 13.5. The van der Waals surface area contributed by atoms with Crippen molar-refractivity contribution in [3.05, 3.63) is 83.4 Å². The lowest BCUT2D eigenvalue weighted by Gasteiger charge is -2.26. The quantitative estimate of drug-likeness (QED) is 0.591. The molecule has 0 aliphatic heterocycles. The lowest BCUT2D eigenvalue weighted by atomic mass is 10.1. The van der Waals surface area contributed by atoms with E-state index in [4.69, 9.17) is 4.74 Å². The average Bonchev–Trinajstić information content (AvgIpc) is 2.75. The zero-order valence-corrected chi connectivity index (χ0v) is 18.9. The third-order valence-corrected chi connectivity index (χ3v) is 6.66. The molecule has 0 unspecified atom stereocenters. The van der Waals surface area contributed by atoms with E-state index in [1.54, 1.807) is 30.3 Å². The number of sulfonamides is 1. The number of aryl methyl sites for hydroxylation is 3. The summed E-state index contributed by atoms with van der Waals surface area (Å²) in [6.07, 6.45) is 0. The Bertz CT molecular complexity index is 1190. The van der Waals surface area contributed by atoms with Gasteiger partial charge in [0.25, 0.3) is 10.0 Å². The third kappa shape index (κ3) is 5.06. The second kappa shape index (κ2) is 9.22. The fourth-order valence-electron chi connectivity index (χ4n) is 3.20. The van der Waals surface area contributed by atoms with Gasteiger partial charge in [-0.2, -0.15) is 0 Å². The lowest BCUT2D eigenvalue weighted by Crippen LogP contribution is -2.38. The minimum absolute atomic E-state index is 0.0955. The molecule has 3 aromatic carbocycles. The molecule has 6 nitrogen and oxygen atoms in total. The number of rotatable bonds is 7. The molecule has 1 amide bonds. The number of carbonyl (C=O) groups excluding carboxylic acids is 1. The second-order valence-electron chi connectivity index (χ2n) is 7.37. The summed E-state index contributed by atoms with van der Waals surface area (Å²) in [4.78, 5) is 13.1. The molecule has 0 saturated heterocycles. The van der Waals surface area contributed by atoms with Gasteiger partial charge in [-0.1, -0.05) is 36.4 Å². The van der Waals surface area contributed by atoms with E-state index in [1.165, 1.54) is 19.2 Å². The SMILES string of the molecule is COc1ccc(C)cc1N(CC(=O)Nc1cc(C)ccc1C)S(=O)(=O)c1ccccc1. The van der Waals surface area contributed by atoms with Gasteiger partial charge in [-0.25, -0.2) is 8.42 Å². The van der Waals surface area contributed by atoms with E-state index in [9.17, 15) is 13.2 Å². The first-order valence-corrected chi connectivity index (χ1v) is 11.3. The number of hydrogen-bond acceptors (Lipinski definition) is 4. The van der Waals surface area contributed by atoms with Crippen molar-refractivity contribution in [2.45, 2.75) is 25.7 Å². The van der Waals surface area contributed by atoms with E-state index in [0.717, 1.165) is 21.0 Å². The molecule has 0 radical (unpaired) electrons. The minimum atomic E-state index is -4.02. The summed E-state index contributed by atoms with van der Waals surface area (Å²) in [5.74, 6) is -0.0820. The number of benzene rings is 3. The molecule has 0 spiro atoms. The highest BCUT2D eigenvalue weighted by molar-refractivity contribution is 7.92. The van der Waals surface area contributed by atoms with Gasteiger partial charge in [0.05, 0.1) is 17.7 Å². The summed E-state index contributed by atoms with van der Waals surface area (Å²) >= 11 is 0. The van der Waals surface area contributed by atoms with Crippen LogP contribution in [0.3, 0.4) is 0 Å². The van der Waals surface area contributed by atoms with Gasteiger partial charge < -0.3 is 10.1 Å². The Morgan fingerprint density at radius 3 is 2.26 bits per heavy atom. The van der Waals surface area contributed by atoms with Crippen LogP contribution >= 0.6 is 0 Å². The zero-order valence-electron chi connectivity index (χ0n) is 18.0. The summed E-state index contributed by atoms with van der Waals surface area (Å²) in [5.41, 5.74) is 3.69. The molecule has 0 aromatic heterocycles. The number of amides is 1. The number of carbonyl (C=O) groups is 1. The molecule has 1 N–H and O–H groups in total. The molecule has 3 rings (SSSR count). The highest BCUT2D eigenvalue weighted by atomic mass is 32.2. The van der Waals surface area contributed by atoms with E-state index in [0.29, 0.717) is 17.1 Å². The third-order valence-electron chi connectivity index (χ3n) is 4.89. The molecule has 0 heterocycles. The van der Waals surface area contributed by atoms with Crippen molar-refractivity contribution < 1.29 is 17.9 Å². The first-order valence-electron chi connectivity index (χ1n) is 9.82. The standard InChI is InChI=1S/C24H26N2O4S/c1-17-10-12-19(3)21(14-17)25-24(27)16-26(22-15-18(2)11-13-23(22)30-4)31(28,29)20-8-6-5-7-9-20/h5-15H,16H2,1-4H3,(H,25,27). The Labute approximate surface area is 183 Å². The molecule has 0 aliphatic rings. The van der Waals surface area contributed by atoms with Gasteiger partial charge in [-0.15, -0.1) is 0 Å². The van der Waals surface area contributed by atoms with E-state index < -0.39 is 22.5 Å². The van der Waals surface area contributed by atoms with Crippen LogP contribution in [0.2, 0.25) is 0 Å². The Hall–Kier alpha value is -3.32. The van der Waals surface area contributed by atoms with E-state index in [2.05, 4.69) is 5.32 Å². The summed E-state index contributed by atoms with van der Waals surface area (Å²) in [5, 5.41) is 2.84. The molecule has 31 heavy (non-hydrogen) atoms. The maximum Gasteiger partial charge on any atom is 0.264 e. The van der Waals surface area contributed by atoms with Crippen LogP contribution in [-0.4, -0.2) is 28.0 Å². The van der Waals surface area contributed by atoms with Gasteiger partial charge in [0.15, 0.2) is 0 Å². The highest BCUT2D eigenvalue weighted by Crippen LogP contribution is 2.33. The number of methoxy groups -OCH3 is 1. The van der Waals surface area contributed by atoms with Crippen molar-refractivity contribution in [3.8, 4) is 5.75 Å². The minimum Gasteiger partial charge on any atom is -0.495 e. The summed E-state index contributed by atoms with van der Waals surface area (Å²) in [6.45, 7) is 5.27. The van der Waals surface area contributed by atoms with E-state index in [-0.39, 0.29) is 4.90 Å². The van der Waals surface area contributed by atoms with Crippen molar-refractivity contribution in [1.29, 1.82) is 0 Å². The first-order chi connectivity index (χ1) is 14.7. The first kappa shape index (κ1) is 22.4. The van der Waals surface area contributed by atoms with E-state index in [1.807, 2.05) is 45.0 Å². The number of nitrogens with one attached hydrogen (secondary N) is 1. The normalized spacial score (nSPS) is 11.1. The van der Waals surface area contributed by atoms with E-state index >= 15 is 0 Å². The van der Waals surface area contributed by atoms with Crippen LogP contribution in [0.4, 0.5) is 11.4 Å². The van der Waals surface area contributed by atoms with Gasteiger partial charge in [0, 0.05) is 5.69 Å². The largest absolute Gasteiger partial charge is 0.495 e. The molecule has 7 heteroatoms. The smallest absolute Gasteiger partial charge is 0.264 e. The fraction of sp³-hybridized carbons (Fsp3) is 0.208. The molecule has 0 fully saturated rings. The van der Waals surface area contributed by atoms with Gasteiger partial charge in [-0.3, -0.25) is 9.10 Å². The highest BCUT2D eigenvalue weighted by Gasteiger charge is 2.29. The van der Waals surface area contributed by atoms with Crippen LogP contribution in [0.15, 0.2) is 71.6 Å². The van der Waals surface area contributed by atoms with Crippen molar-refractivity contribution in [3.63, 3.8) is 0 Å².